The second kappa shape index (κ2) is 8.83. The zero-order chi connectivity index (χ0) is 18.4. The van der Waals surface area contributed by atoms with Crippen molar-refractivity contribution in [3.05, 3.63) is 72.0 Å². The Hall–Kier alpha value is -2.37. The quantitative estimate of drug-likeness (QED) is 0.463. The van der Waals surface area contributed by atoms with Crippen molar-refractivity contribution in [3.8, 4) is 11.3 Å². The third-order valence-electron chi connectivity index (χ3n) is 3.73. The molecule has 132 valence electrons. The Morgan fingerprint density at radius 3 is 2.65 bits per heavy atom. The first-order chi connectivity index (χ1) is 12.7. The Kier molecular flexibility index (Phi) is 6.26. The minimum atomic E-state index is -0.257. The Morgan fingerprint density at radius 2 is 1.92 bits per heavy atom. The molecule has 1 N–H and O–H groups in total. The molecule has 0 fully saturated rings. The maximum atomic E-state index is 12.6. The van der Waals surface area contributed by atoms with Crippen molar-refractivity contribution in [3.63, 3.8) is 0 Å². The highest BCUT2D eigenvalue weighted by molar-refractivity contribution is 8.00. The van der Waals surface area contributed by atoms with E-state index >= 15 is 0 Å². The van der Waals surface area contributed by atoms with Crippen LogP contribution in [0.4, 0.5) is 5.69 Å². The largest absolute Gasteiger partial charge is 0.325 e. The van der Waals surface area contributed by atoms with Gasteiger partial charge in [0.15, 0.2) is 0 Å². The summed E-state index contributed by atoms with van der Waals surface area (Å²) in [5, 5.41) is 4.02. The maximum absolute atomic E-state index is 12.6. The van der Waals surface area contributed by atoms with Crippen molar-refractivity contribution >= 4 is 35.0 Å². The fourth-order valence-corrected chi connectivity index (χ4v) is 3.53. The van der Waals surface area contributed by atoms with Gasteiger partial charge in [0.1, 0.15) is 11.4 Å². The number of anilines is 1. The number of thioether (sulfide) groups is 1. The summed E-state index contributed by atoms with van der Waals surface area (Å²) in [6.45, 7) is 1.98. The molecule has 0 bridgehead atoms. The Bertz CT molecular complexity index is 889. The fourth-order valence-electron chi connectivity index (χ4n) is 2.43. The van der Waals surface area contributed by atoms with Crippen molar-refractivity contribution in [2.24, 2.45) is 0 Å². The van der Waals surface area contributed by atoms with Crippen LogP contribution in [0.25, 0.3) is 11.3 Å². The average molecular weight is 384 g/mol. The number of rotatable bonds is 6. The summed E-state index contributed by atoms with van der Waals surface area (Å²) >= 11 is 7.41. The molecule has 1 atom stereocenters. The first-order valence-corrected chi connectivity index (χ1v) is 9.52. The number of nitrogens with zero attached hydrogens (tertiary/aromatic N) is 2. The lowest BCUT2D eigenvalue weighted by atomic mass is 10.1. The van der Waals surface area contributed by atoms with Gasteiger partial charge in [0.2, 0.25) is 5.91 Å². The monoisotopic (exact) mass is 383 g/mol. The van der Waals surface area contributed by atoms with E-state index in [9.17, 15) is 4.79 Å². The molecule has 0 radical (unpaired) electrons. The van der Waals surface area contributed by atoms with E-state index in [4.69, 9.17) is 11.6 Å². The first-order valence-electron chi connectivity index (χ1n) is 8.26. The summed E-state index contributed by atoms with van der Waals surface area (Å²) in [4.78, 5) is 21.2. The topological polar surface area (TPSA) is 54.9 Å². The SMILES string of the molecule is CCC(Sc1cc(-c2ccccc2)ncn1)C(=O)Nc1cccc(Cl)c1. The number of carbonyl (C=O) groups excluding carboxylic acids is 1. The van der Waals surface area contributed by atoms with Crippen molar-refractivity contribution in [1.82, 2.24) is 9.97 Å². The lowest BCUT2D eigenvalue weighted by Gasteiger charge is -2.14. The predicted octanol–water partition coefficient (Wildman–Crippen LogP) is 5.31. The highest BCUT2D eigenvalue weighted by atomic mass is 35.5. The van der Waals surface area contributed by atoms with Gasteiger partial charge in [-0.05, 0) is 30.7 Å². The van der Waals surface area contributed by atoms with Crippen LogP contribution in [0.2, 0.25) is 5.02 Å². The van der Waals surface area contributed by atoms with Crippen LogP contribution in [0.3, 0.4) is 0 Å². The molecule has 1 heterocycles. The zero-order valence-corrected chi connectivity index (χ0v) is 15.8. The molecular weight excluding hydrogens is 366 g/mol. The number of benzene rings is 2. The number of carbonyl (C=O) groups is 1. The average Bonchev–Trinajstić information content (AvgIpc) is 2.67. The molecular formula is C20H18ClN3OS. The van der Waals surface area contributed by atoms with Gasteiger partial charge in [0.05, 0.1) is 10.9 Å². The molecule has 0 aliphatic rings. The van der Waals surface area contributed by atoms with E-state index in [2.05, 4.69) is 15.3 Å². The van der Waals surface area contributed by atoms with Crippen LogP contribution in [-0.2, 0) is 4.79 Å². The van der Waals surface area contributed by atoms with Crippen LogP contribution in [0.15, 0.2) is 72.0 Å². The summed E-state index contributed by atoms with van der Waals surface area (Å²) in [5.41, 5.74) is 2.55. The second-order valence-corrected chi connectivity index (χ2v) is 7.28. The number of hydrogen-bond acceptors (Lipinski definition) is 4. The lowest BCUT2D eigenvalue weighted by molar-refractivity contribution is -0.115. The number of halogens is 1. The molecule has 3 aromatic rings. The third-order valence-corrected chi connectivity index (χ3v) is 5.26. The Balaban J connectivity index is 1.72. The summed E-state index contributed by atoms with van der Waals surface area (Å²) in [6.07, 6.45) is 2.22. The summed E-state index contributed by atoms with van der Waals surface area (Å²) < 4.78 is 0. The molecule has 1 unspecified atom stereocenters. The molecule has 0 aliphatic carbocycles. The van der Waals surface area contributed by atoms with Crippen LogP contribution >= 0.6 is 23.4 Å². The van der Waals surface area contributed by atoms with E-state index in [1.54, 1.807) is 12.1 Å². The summed E-state index contributed by atoms with van der Waals surface area (Å²) in [7, 11) is 0. The zero-order valence-electron chi connectivity index (χ0n) is 14.2. The maximum Gasteiger partial charge on any atom is 0.237 e. The van der Waals surface area contributed by atoms with Crippen LogP contribution in [0, 0.1) is 0 Å². The Labute approximate surface area is 162 Å². The standard InChI is InChI=1S/C20H18ClN3OS/c1-2-18(20(25)24-16-10-6-9-15(21)11-16)26-19-12-17(22-13-23-19)14-7-4-3-5-8-14/h3-13,18H,2H2,1H3,(H,24,25). The van der Waals surface area contributed by atoms with Gasteiger partial charge < -0.3 is 5.32 Å². The van der Waals surface area contributed by atoms with Gasteiger partial charge in [-0.25, -0.2) is 9.97 Å². The molecule has 0 spiro atoms. The number of amides is 1. The van der Waals surface area contributed by atoms with Crippen molar-refractivity contribution in [1.29, 1.82) is 0 Å². The van der Waals surface area contributed by atoms with Gasteiger partial charge in [0.25, 0.3) is 0 Å². The van der Waals surface area contributed by atoms with Gasteiger partial charge in [-0.2, -0.15) is 0 Å². The first kappa shape index (κ1) is 18.4. The third kappa shape index (κ3) is 4.84. The summed E-state index contributed by atoms with van der Waals surface area (Å²) in [5.74, 6) is -0.0698. The molecule has 4 nitrogen and oxygen atoms in total. The number of aromatic nitrogens is 2. The minimum absolute atomic E-state index is 0.0698. The molecule has 6 heteroatoms. The smallest absolute Gasteiger partial charge is 0.237 e. The minimum Gasteiger partial charge on any atom is -0.325 e. The molecule has 0 aliphatic heterocycles. The van der Waals surface area contributed by atoms with Crippen molar-refractivity contribution in [2.75, 3.05) is 5.32 Å². The van der Waals surface area contributed by atoms with Crippen molar-refractivity contribution in [2.45, 2.75) is 23.6 Å². The van der Waals surface area contributed by atoms with Crippen LogP contribution in [-0.4, -0.2) is 21.1 Å². The molecule has 2 aromatic carbocycles. The van der Waals surface area contributed by atoms with Gasteiger partial charge in [-0.3, -0.25) is 4.79 Å². The van der Waals surface area contributed by atoms with E-state index in [0.29, 0.717) is 17.1 Å². The molecule has 1 aromatic heterocycles. The number of hydrogen-bond donors (Lipinski definition) is 1. The molecule has 3 rings (SSSR count). The normalized spacial score (nSPS) is 11.8. The molecule has 26 heavy (non-hydrogen) atoms. The predicted molar refractivity (Wildman–Crippen MR) is 107 cm³/mol. The van der Waals surface area contributed by atoms with Crippen LogP contribution in [0.1, 0.15) is 13.3 Å². The van der Waals surface area contributed by atoms with E-state index in [-0.39, 0.29) is 11.2 Å². The van der Waals surface area contributed by atoms with E-state index in [1.165, 1.54) is 18.1 Å². The molecule has 1 amide bonds. The molecule has 0 saturated carbocycles. The fraction of sp³-hybridized carbons (Fsp3) is 0.150. The van der Waals surface area contributed by atoms with Crippen LogP contribution in [0.5, 0.6) is 0 Å². The lowest BCUT2D eigenvalue weighted by Crippen LogP contribution is -2.24. The highest BCUT2D eigenvalue weighted by Crippen LogP contribution is 2.27. The van der Waals surface area contributed by atoms with E-state index < -0.39 is 0 Å². The van der Waals surface area contributed by atoms with E-state index in [1.807, 2.05) is 55.5 Å². The van der Waals surface area contributed by atoms with E-state index in [0.717, 1.165) is 16.3 Å². The number of nitrogens with one attached hydrogen (secondary N) is 1. The Morgan fingerprint density at radius 1 is 1.12 bits per heavy atom. The second-order valence-electron chi connectivity index (χ2n) is 5.62. The molecule has 0 saturated heterocycles. The van der Waals surface area contributed by atoms with Gasteiger partial charge in [-0.1, -0.05) is 66.7 Å². The highest BCUT2D eigenvalue weighted by Gasteiger charge is 2.19. The van der Waals surface area contributed by atoms with Crippen molar-refractivity contribution < 1.29 is 4.79 Å². The van der Waals surface area contributed by atoms with Gasteiger partial charge in [-0.15, -0.1) is 0 Å². The van der Waals surface area contributed by atoms with Crippen LogP contribution < -0.4 is 5.32 Å². The van der Waals surface area contributed by atoms with Gasteiger partial charge in [0, 0.05) is 16.3 Å². The van der Waals surface area contributed by atoms with Gasteiger partial charge >= 0.3 is 0 Å². The summed E-state index contributed by atoms with van der Waals surface area (Å²) in [6, 6.07) is 18.9.